The number of esters is 1. The lowest BCUT2D eigenvalue weighted by atomic mass is 10.2. The molecule has 26 heavy (non-hydrogen) atoms. The van der Waals surface area contributed by atoms with Crippen molar-refractivity contribution in [3.05, 3.63) is 29.8 Å². The first-order valence-electron chi connectivity index (χ1n) is 8.44. The van der Waals surface area contributed by atoms with E-state index in [0.29, 0.717) is 13.1 Å². The quantitative estimate of drug-likeness (QED) is 0.661. The Bertz CT molecular complexity index is 757. The van der Waals surface area contributed by atoms with Crippen LogP contribution < -0.4 is 4.31 Å². The zero-order chi connectivity index (χ0) is 19.3. The summed E-state index contributed by atoms with van der Waals surface area (Å²) < 4.78 is 30.6. The molecule has 0 aliphatic carbocycles. The minimum atomic E-state index is -3.77. The zero-order valence-electron chi connectivity index (χ0n) is 15.3. The van der Waals surface area contributed by atoms with Crippen LogP contribution in [0.2, 0.25) is 0 Å². The van der Waals surface area contributed by atoms with E-state index >= 15 is 0 Å². The van der Waals surface area contributed by atoms with Gasteiger partial charge in [0.15, 0.2) is 0 Å². The summed E-state index contributed by atoms with van der Waals surface area (Å²) >= 11 is 0. The largest absolute Gasteiger partial charge is 0.462 e. The molecule has 1 amide bonds. The van der Waals surface area contributed by atoms with Gasteiger partial charge in [0.2, 0.25) is 15.9 Å². The zero-order valence-corrected chi connectivity index (χ0v) is 16.2. The van der Waals surface area contributed by atoms with Crippen LogP contribution in [0.3, 0.4) is 0 Å². The van der Waals surface area contributed by atoms with E-state index in [0.717, 1.165) is 23.7 Å². The summed E-state index contributed by atoms with van der Waals surface area (Å²) in [5.41, 5.74) is 0.266. The normalized spacial score (nSPS) is 15.6. The van der Waals surface area contributed by atoms with Gasteiger partial charge in [0.1, 0.15) is 6.54 Å². The third-order valence-electron chi connectivity index (χ3n) is 4.20. The second-order valence-corrected chi connectivity index (χ2v) is 8.10. The predicted molar refractivity (Wildman–Crippen MR) is 98.7 cm³/mol. The lowest BCUT2D eigenvalue weighted by Crippen LogP contribution is -2.50. The number of carbonyl (C=O) groups is 2. The van der Waals surface area contributed by atoms with Crippen LogP contribution in [0.25, 0.3) is 0 Å². The molecule has 1 saturated heterocycles. The van der Waals surface area contributed by atoms with Gasteiger partial charge in [0, 0.05) is 26.2 Å². The van der Waals surface area contributed by atoms with Crippen LogP contribution in [0.15, 0.2) is 24.3 Å². The van der Waals surface area contributed by atoms with Gasteiger partial charge in [-0.15, -0.1) is 0 Å². The number of carbonyl (C=O) groups excluding carboxylic acids is 2. The highest BCUT2D eigenvalue weighted by Crippen LogP contribution is 2.24. The van der Waals surface area contributed by atoms with Crippen LogP contribution in [0.1, 0.15) is 17.3 Å². The molecule has 0 unspecified atom stereocenters. The topological polar surface area (TPSA) is 87.2 Å². The van der Waals surface area contributed by atoms with Gasteiger partial charge in [0.25, 0.3) is 0 Å². The molecule has 9 heteroatoms. The lowest BCUT2D eigenvalue weighted by molar-refractivity contribution is -0.131. The Morgan fingerprint density at radius 3 is 2.35 bits per heavy atom. The summed E-state index contributed by atoms with van der Waals surface area (Å²) in [7, 11) is -1.79. The van der Waals surface area contributed by atoms with E-state index in [1.807, 2.05) is 7.05 Å². The molecule has 0 radical (unpaired) electrons. The van der Waals surface area contributed by atoms with Crippen molar-refractivity contribution in [3.63, 3.8) is 0 Å². The number of hydrogen-bond acceptors (Lipinski definition) is 6. The van der Waals surface area contributed by atoms with Crippen molar-refractivity contribution >= 4 is 27.6 Å². The number of likely N-dealkylation sites (N-methyl/N-ethyl adjacent to an activating group) is 1. The third kappa shape index (κ3) is 4.95. The van der Waals surface area contributed by atoms with Crippen LogP contribution >= 0.6 is 0 Å². The smallest absolute Gasteiger partial charge is 0.340 e. The Morgan fingerprint density at radius 1 is 1.15 bits per heavy atom. The van der Waals surface area contributed by atoms with Crippen molar-refractivity contribution in [1.29, 1.82) is 0 Å². The molecule has 1 aliphatic rings. The number of anilines is 1. The van der Waals surface area contributed by atoms with Gasteiger partial charge in [-0.2, -0.15) is 0 Å². The molecule has 8 nitrogen and oxygen atoms in total. The Morgan fingerprint density at radius 2 is 1.77 bits per heavy atom. The van der Waals surface area contributed by atoms with Crippen LogP contribution in [-0.4, -0.2) is 82.7 Å². The van der Waals surface area contributed by atoms with E-state index in [1.54, 1.807) is 24.0 Å². The maximum Gasteiger partial charge on any atom is 0.340 e. The van der Waals surface area contributed by atoms with Crippen LogP contribution in [-0.2, 0) is 19.6 Å². The Hall–Kier alpha value is -2.13. The molecule has 0 saturated carbocycles. The van der Waals surface area contributed by atoms with Crippen molar-refractivity contribution in [1.82, 2.24) is 9.80 Å². The van der Waals surface area contributed by atoms with Crippen LogP contribution in [0, 0.1) is 0 Å². The summed E-state index contributed by atoms with van der Waals surface area (Å²) in [6.45, 7) is 4.07. The molecule has 0 spiro atoms. The molecule has 1 aliphatic heterocycles. The minimum Gasteiger partial charge on any atom is -0.462 e. The number of para-hydroxylation sites is 1. The number of ether oxygens (including phenoxy) is 1. The van der Waals surface area contributed by atoms with Crippen LogP contribution in [0.5, 0.6) is 0 Å². The molecule has 144 valence electrons. The van der Waals surface area contributed by atoms with Crippen molar-refractivity contribution in [3.8, 4) is 0 Å². The average molecular weight is 383 g/mol. The fourth-order valence-corrected chi connectivity index (χ4v) is 3.59. The monoisotopic (exact) mass is 383 g/mol. The van der Waals surface area contributed by atoms with E-state index in [4.69, 9.17) is 4.74 Å². The maximum absolute atomic E-state index is 12.6. The molecule has 0 atom stereocenters. The molecule has 1 fully saturated rings. The highest BCUT2D eigenvalue weighted by Gasteiger charge is 2.28. The average Bonchev–Trinajstić information content (AvgIpc) is 2.59. The van der Waals surface area contributed by atoms with Crippen molar-refractivity contribution < 1.29 is 22.7 Å². The van der Waals surface area contributed by atoms with Gasteiger partial charge in [-0.3, -0.25) is 9.10 Å². The minimum absolute atomic E-state index is 0.117. The molecule has 0 bridgehead atoms. The van der Waals surface area contributed by atoms with E-state index in [2.05, 4.69) is 4.90 Å². The van der Waals surface area contributed by atoms with Crippen molar-refractivity contribution in [2.75, 3.05) is 56.9 Å². The maximum atomic E-state index is 12.6. The number of hydrogen-bond donors (Lipinski definition) is 0. The summed E-state index contributed by atoms with van der Waals surface area (Å²) in [4.78, 5) is 28.6. The number of amides is 1. The Labute approximate surface area is 154 Å². The molecular weight excluding hydrogens is 358 g/mol. The lowest BCUT2D eigenvalue weighted by Gasteiger charge is -2.34. The molecule has 0 aromatic heterocycles. The fraction of sp³-hybridized carbons (Fsp3) is 0.529. The van der Waals surface area contributed by atoms with Gasteiger partial charge in [-0.1, -0.05) is 12.1 Å². The number of benzene rings is 1. The highest BCUT2D eigenvalue weighted by molar-refractivity contribution is 7.92. The molecule has 1 aromatic carbocycles. The van der Waals surface area contributed by atoms with Crippen LogP contribution in [0.4, 0.5) is 5.69 Å². The van der Waals surface area contributed by atoms with Gasteiger partial charge in [-0.25, -0.2) is 13.2 Å². The predicted octanol–water partition coefficient (Wildman–Crippen LogP) is 0.403. The molecule has 2 rings (SSSR count). The molecular formula is C17H25N3O5S. The Kier molecular flexibility index (Phi) is 6.60. The van der Waals surface area contributed by atoms with Gasteiger partial charge < -0.3 is 14.5 Å². The van der Waals surface area contributed by atoms with E-state index in [1.165, 1.54) is 12.1 Å². The first-order valence-corrected chi connectivity index (χ1v) is 10.3. The number of nitrogens with zero attached hydrogens (tertiary/aromatic N) is 3. The Balaban J connectivity index is 2.29. The van der Waals surface area contributed by atoms with Crippen molar-refractivity contribution in [2.24, 2.45) is 0 Å². The van der Waals surface area contributed by atoms with Gasteiger partial charge in [0.05, 0.1) is 24.1 Å². The first-order chi connectivity index (χ1) is 12.2. The molecule has 0 N–H and O–H groups in total. The number of piperazine rings is 1. The first kappa shape index (κ1) is 20.2. The molecule has 1 aromatic rings. The summed E-state index contributed by atoms with van der Waals surface area (Å²) in [6, 6.07) is 6.24. The van der Waals surface area contributed by atoms with Crippen molar-refractivity contribution in [2.45, 2.75) is 6.92 Å². The molecule has 1 heterocycles. The number of rotatable bonds is 6. The van der Waals surface area contributed by atoms with E-state index < -0.39 is 16.0 Å². The summed E-state index contributed by atoms with van der Waals surface area (Å²) in [5, 5.41) is 0. The van der Waals surface area contributed by atoms with Gasteiger partial charge in [-0.05, 0) is 26.1 Å². The fourth-order valence-electron chi connectivity index (χ4n) is 2.73. The second-order valence-electron chi connectivity index (χ2n) is 6.19. The standard InChI is InChI=1S/C17H25N3O5S/c1-4-25-17(22)14-7-5-6-8-15(14)20(26(3,23)24)13-16(21)19-11-9-18(2)10-12-19/h5-8H,4,9-13H2,1-3H3. The summed E-state index contributed by atoms with van der Waals surface area (Å²) in [6.07, 6.45) is 1.02. The number of sulfonamides is 1. The third-order valence-corrected chi connectivity index (χ3v) is 5.33. The highest BCUT2D eigenvalue weighted by atomic mass is 32.2. The van der Waals surface area contributed by atoms with Gasteiger partial charge >= 0.3 is 5.97 Å². The summed E-state index contributed by atoms with van der Waals surface area (Å²) in [5.74, 6) is -0.911. The second kappa shape index (κ2) is 8.50. The van der Waals surface area contributed by atoms with E-state index in [9.17, 15) is 18.0 Å². The SMILES string of the molecule is CCOC(=O)c1ccccc1N(CC(=O)N1CCN(C)CC1)S(C)(=O)=O. The van der Waals surface area contributed by atoms with E-state index in [-0.39, 0.29) is 30.3 Å².